The van der Waals surface area contributed by atoms with E-state index in [1.807, 2.05) is 0 Å². The van der Waals surface area contributed by atoms with Crippen molar-refractivity contribution in [2.75, 3.05) is 0 Å². The van der Waals surface area contributed by atoms with Gasteiger partial charge in [-0.3, -0.25) is 4.90 Å². The Morgan fingerprint density at radius 1 is 0.889 bits per heavy atom. The maximum atomic E-state index is 2.80. The second-order valence-corrected chi connectivity index (χ2v) is 6.67. The maximum absolute atomic E-state index is 2.80. The van der Waals surface area contributed by atoms with Crippen LogP contribution >= 0.6 is 0 Å². The van der Waals surface area contributed by atoms with Crippen LogP contribution in [0.15, 0.2) is 24.3 Å². The van der Waals surface area contributed by atoms with Crippen LogP contribution < -0.4 is 0 Å². The van der Waals surface area contributed by atoms with Crippen LogP contribution in [0.2, 0.25) is 0 Å². The third kappa shape index (κ3) is 1.43. The van der Waals surface area contributed by atoms with E-state index in [4.69, 9.17) is 0 Å². The molecule has 18 heavy (non-hydrogen) atoms. The first-order valence-electron chi connectivity index (χ1n) is 7.40. The lowest BCUT2D eigenvalue weighted by molar-refractivity contribution is 0.115. The minimum absolute atomic E-state index is 0.651. The summed E-state index contributed by atoms with van der Waals surface area (Å²) >= 11 is 0. The molecule has 98 valence electrons. The van der Waals surface area contributed by atoms with E-state index < -0.39 is 0 Å². The van der Waals surface area contributed by atoms with Crippen molar-refractivity contribution in [1.29, 1.82) is 0 Å². The summed E-state index contributed by atoms with van der Waals surface area (Å²) in [6, 6.07) is 11.1. The average Bonchev–Trinajstić information content (AvgIpc) is 2.81. The lowest BCUT2D eigenvalue weighted by atomic mass is 9.78. The van der Waals surface area contributed by atoms with Crippen molar-refractivity contribution in [3.05, 3.63) is 35.4 Å². The largest absolute Gasteiger partial charge is 0.286 e. The molecule has 0 radical (unpaired) electrons. The molecule has 0 N–H and O–H groups in total. The molecule has 5 unspecified atom stereocenters. The smallest absolute Gasteiger partial charge is 0.0389 e. The molecule has 1 fully saturated rings. The van der Waals surface area contributed by atoms with E-state index in [-0.39, 0.29) is 0 Å². The van der Waals surface area contributed by atoms with Crippen LogP contribution in [-0.4, -0.2) is 10.9 Å². The summed E-state index contributed by atoms with van der Waals surface area (Å²) in [7, 11) is 0. The quantitative estimate of drug-likeness (QED) is 0.743. The molecular formula is C17H25N. The predicted octanol–water partition coefficient (Wildman–Crippen LogP) is 4.41. The molecule has 2 bridgehead atoms. The van der Waals surface area contributed by atoms with E-state index in [0.29, 0.717) is 18.1 Å². The van der Waals surface area contributed by atoms with Crippen LogP contribution in [0.25, 0.3) is 0 Å². The second kappa shape index (κ2) is 4.09. The highest BCUT2D eigenvalue weighted by molar-refractivity contribution is 5.42. The number of rotatable bonds is 2. The van der Waals surface area contributed by atoms with Crippen LogP contribution in [0, 0.1) is 17.8 Å². The molecule has 0 aliphatic carbocycles. The van der Waals surface area contributed by atoms with E-state index in [9.17, 15) is 0 Å². The van der Waals surface area contributed by atoms with Crippen molar-refractivity contribution >= 4 is 0 Å². The minimum Gasteiger partial charge on any atom is -0.286 e. The average molecular weight is 243 g/mol. The van der Waals surface area contributed by atoms with Gasteiger partial charge in [0.2, 0.25) is 0 Å². The highest BCUT2D eigenvalue weighted by atomic mass is 15.3. The monoisotopic (exact) mass is 243 g/mol. The van der Waals surface area contributed by atoms with Crippen LogP contribution in [0.3, 0.4) is 0 Å². The highest BCUT2D eigenvalue weighted by Crippen LogP contribution is 2.60. The zero-order chi connectivity index (χ0) is 13.0. The molecule has 2 aliphatic rings. The Balaban J connectivity index is 2.07. The summed E-state index contributed by atoms with van der Waals surface area (Å²) < 4.78 is 0. The Morgan fingerprint density at radius 3 is 1.72 bits per heavy atom. The van der Waals surface area contributed by atoms with E-state index in [1.54, 1.807) is 11.1 Å². The Kier molecular flexibility index (Phi) is 2.78. The van der Waals surface area contributed by atoms with Crippen LogP contribution in [-0.2, 0) is 0 Å². The summed E-state index contributed by atoms with van der Waals surface area (Å²) in [4.78, 5) is 2.80. The minimum atomic E-state index is 0.651. The Bertz CT molecular complexity index is 416. The van der Waals surface area contributed by atoms with Gasteiger partial charge in [0.05, 0.1) is 0 Å². The molecule has 1 nitrogen and oxygen atoms in total. The maximum Gasteiger partial charge on any atom is 0.0389 e. The van der Waals surface area contributed by atoms with Gasteiger partial charge in [0, 0.05) is 18.1 Å². The number of hydrogen-bond acceptors (Lipinski definition) is 1. The Labute approximate surface area is 111 Å². The molecule has 0 amide bonds. The van der Waals surface area contributed by atoms with Crippen molar-refractivity contribution in [3.63, 3.8) is 0 Å². The first-order valence-corrected chi connectivity index (χ1v) is 7.40. The van der Waals surface area contributed by atoms with E-state index in [0.717, 1.165) is 17.8 Å². The standard InChI is InChI=1S/C17H25N/c1-10(2)13(5)18-16-11(3)12(4)17(18)15-9-7-6-8-14(15)16/h6-13,16-17H,1-5H3. The lowest BCUT2D eigenvalue weighted by Crippen LogP contribution is -2.35. The third-order valence-corrected chi connectivity index (χ3v) is 5.54. The SMILES string of the molecule is CC(C)C(C)N1C2c3ccccc3C1C(C)C2C. The number of nitrogens with zero attached hydrogens (tertiary/aromatic N) is 1. The summed E-state index contributed by atoms with van der Waals surface area (Å²) in [5, 5.41) is 0. The van der Waals surface area contributed by atoms with Crippen molar-refractivity contribution in [3.8, 4) is 0 Å². The molecule has 0 spiro atoms. The van der Waals surface area contributed by atoms with Crippen molar-refractivity contribution in [1.82, 2.24) is 4.90 Å². The van der Waals surface area contributed by atoms with Crippen molar-refractivity contribution in [2.24, 2.45) is 17.8 Å². The topological polar surface area (TPSA) is 3.24 Å². The van der Waals surface area contributed by atoms with Crippen LogP contribution in [0.5, 0.6) is 0 Å². The summed E-state index contributed by atoms with van der Waals surface area (Å²) in [5.41, 5.74) is 3.20. The van der Waals surface area contributed by atoms with E-state index >= 15 is 0 Å². The number of fused-ring (bicyclic) bond motifs is 5. The van der Waals surface area contributed by atoms with Gasteiger partial charge in [0.25, 0.3) is 0 Å². The zero-order valence-electron chi connectivity index (χ0n) is 12.2. The number of hydrogen-bond donors (Lipinski definition) is 0. The fraction of sp³-hybridized carbons (Fsp3) is 0.647. The van der Waals surface area contributed by atoms with Gasteiger partial charge in [0.1, 0.15) is 0 Å². The summed E-state index contributed by atoms with van der Waals surface area (Å²) in [5.74, 6) is 2.29. The lowest BCUT2D eigenvalue weighted by Gasteiger charge is -2.33. The molecule has 0 saturated carbocycles. The van der Waals surface area contributed by atoms with Gasteiger partial charge in [-0.05, 0) is 35.8 Å². The molecule has 1 aromatic rings. The Morgan fingerprint density at radius 2 is 1.33 bits per heavy atom. The number of benzene rings is 1. The van der Waals surface area contributed by atoms with Gasteiger partial charge in [-0.25, -0.2) is 0 Å². The van der Waals surface area contributed by atoms with E-state index in [2.05, 4.69) is 63.8 Å². The normalized spacial score (nSPS) is 36.1. The molecule has 3 rings (SSSR count). The van der Waals surface area contributed by atoms with Crippen molar-refractivity contribution < 1.29 is 0 Å². The first kappa shape index (κ1) is 12.2. The van der Waals surface area contributed by atoms with E-state index in [1.165, 1.54) is 0 Å². The molecular weight excluding hydrogens is 218 g/mol. The fourth-order valence-electron chi connectivity index (χ4n) is 4.08. The second-order valence-electron chi connectivity index (χ2n) is 6.67. The first-order chi connectivity index (χ1) is 8.54. The molecule has 1 aromatic carbocycles. The van der Waals surface area contributed by atoms with Crippen molar-refractivity contribution in [2.45, 2.75) is 52.7 Å². The Hall–Kier alpha value is -0.820. The van der Waals surface area contributed by atoms with Gasteiger partial charge in [0.15, 0.2) is 0 Å². The van der Waals surface area contributed by atoms with Gasteiger partial charge >= 0.3 is 0 Å². The highest BCUT2D eigenvalue weighted by Gasteiger charge is 2.53. The van der Waals surface area contributed by atoms with Gasteiger partial charge < -0.3 is 0 Å². The van der Waals surface area contributed by atoms with Gasteiger partial charge in [-0.2, -0.15) is 0 Å². The fourth-order valence-corrected chi connectivity index (χ4v) is 4.08. The molecule has 2 heterocycles. The van der Waals surface area contributed by atoms with Gasteiger partial charge in [-0.15, -0.1) is 0 Å². The molecule has 5 atom stereocenters. The molecule has 0 aromatic heterocycles. The predicted molar refractivity (Wildman–Crippen MR) is 76.4 cm³/mol. The zero-order valence-corrected chi connectivity index (χ0v) is 12.2. The van der Waals surface area contributed by atoms with Gasteiger partial charge in [-0.1, -0.05) is 52.0 Å². The molecule has 1 saturated heterocycles. The van der Waals surface area contributed by atoms with Crippen LogP contribution in [0.1, 0.15) is 57.8 Å². The molecule has 1 heteroatoms. The third-order valence-electron chi connectivity index (χ3n) is 5.54. The van der Waals surface area contributed by atoms with Crippen LogP contribution in [0.4, 0.5) is 0 Å². The summed E-state index contributed by atoms with van der Waals surface area (Å²) in [6.45, 7) is 12.0. The summed E-state index contributed by atoms with van der Waals surface area (Å²) in [6.07, 6.45) is 0. The molecule has 2 aliphatic heterocycles.